The summed E-state index contributed by atoms with van der Waals surface area (Å²) in [6.45, 7) is 6.38. The van der Waals surface area contributed by atoms with Crippen molar-refractivity contribution in [3.05, 3.63) is 12.7 Å². The molecule has 1 amide bonds. The van der Waals surface area contributed by atoms with E-state index < -0.39 is 0 Å². The minimum Gasteiger partial charge on any atom is -0.395 e. The van der Waals surface area contributed by atoms with Gasteiger partial charge in [0.25, 0.3) is 0 Å². The molecule has 0 saturated heterocycles. The summed E-state index contributed by atoms with van der Waals surface area (Å²) in [6, 6.07) is 0.142. The number of hydrogen-bond acceptors (Lipinski definition) is 3. The van der Waals surface area contributed by atoms with Gasteiger partial charge in [-0.2, -0.15) is 0 Å². The molecule has 0 aromatic carbocycles. The Morgan fingerprint density at radius 2 is 2.33 bits per heavy atom. The zero-order valence-electron chi connectivity index (χ0n) is 9.48. The predicted molar refractivity (Wildman–Crippen MR) is 61.4 cm³/mol. The quantitative estimate of drug-likeness (QED) is 0.579. The minimum atomic E-state index is -0.00707. The fourth-order valence-electron chi connectivity index (χ4n) is 1.33. The molecule has 0 fully saturated rings. The van der Waals surface area contributed by atoms with Gasteiger partial charge in [0.2, 0.25) is 5.91 Å². The Balaban J connectivity index is 3.85. The first-order chi connectivity index (χ1) is 7.11. The summed E-state index contributed by atoms with van der Waals surface area (Å²) in [5.74, 6) is 0.0598. The van der Waals surface area contributed by atoms with Crippen molar-refractivity contribution in [3.8, 4) is 0 Å². The smallest absolute Gasteiger partial charge is 0.222 e. The second-order valence-corrected chi connectivity index (χ2v) is 3.72. The van der Waals surface area contributed by atoms with Crippen LogP contribution in [0.2, 0.25) is 0 Å². The Morgan fingerprint density at radius 3 is 2.80 bits per heavy atom. The van der Waals surface area contributed by atoms with Crippen LogP contribution in [0.15, 0.2) is 12.7 Å². The van der Waals surface area contributed by atoms with Crippen molar-refractivity contribution in [2.45, 2.75) is 32.2 Å². The van der Waals surface area contributed by atoms with Gasteiger partial charge in [-0.3, -0.25) is 4.79 Å². The SMILES string of the molecule is C=CCN(CCO)C(=O)CCCC(C)N. The van der Waals surface area contributed by atoms with Crippen LogP contribution in [0.4, 0.5) is 0 Å². The lowest BCUT2D eigenvalue weighted by Gasteiger charge is -2.20. The molecule has 88 valence electrons. The van der Waals surface area contributed by atoms with E-state index in [1.807, 2.05) is 6.92 Å². The van der Waals surface area contributed by atoms with Crippen molar-refractivity contribution in [1.82, 2.24) is 4.90 Å². The van der Waals surface area contributed by atoms with Crippen LogP contribution < -0.4 is 5.73 Å². The molecule has 0 aliphatic carbocycles. The van der Waals surface area contributed by atoms with Gasteiger partial charge >= 0.3 is 0 Å². The maximum absolute atomic E-state index is 11.6. The van der Waals surface area contributed by atoms with Crippen LogP contribution in [0, 0.1) is 0 Å². The van der Waals surface area contributed by atoms with Crippen LogP contribution in [-0.4, -0.2) is 41.7 Å². The summed E-state index contributed by atoms with van der Waals surface area (Å²) in [5.41, 5.74) is 5.59. The van der Waals surface area contributed by atoms with Gasteiger partial charge in [-0.1, -0.05) is 6.08 Å². The zero-order chi connectivity index (χ0) is 11.7. The molecular weight excluding hydrogens is 192 g/mol. The van der Waals surface area contributed by atoms with Gasteiger partial charge in [-0.15, -0.1) is 6.58 Å². The second kappa shape index (κ2) is 8.44. The molecule has 0 aromatic heterocycles. The molecule has 0 spiro atoms. The fraction of sp³-hybridized carbons (Fsp3) is 0.727. The van der Waals surface area contributed by atoms with E-state index in [4.69, 9.17) is 10.8 Å². The molecule has 0 aliphatic heterocycles. The molecule has 4 nitrogen and oxygen atoms in total. The van der Waals surface area contributed by atoms with E-state index >= 15 is 0 Å². The average Bonchev–Trinajstić information content (AvgIpc) is 2.16. The van der Waals surface area contributed by atoms with Crippen molar-refractivity contribution < 1.29 is 9.90 Å². The van der Waals surface area contributed by atoms with Crippen LogP contribution in [-0.2, 0) is 4.79 Å². The first kappa shape index (κ1) is 14.1. The number of carbonyl (C=O) groups is 1. The lowest BCUT2D eigenvalue weighted by molar-refractivity contribution is -0.131. The molecule has 1 atom stereocenters. The molecule has 15 heavy (non-hydrogen) atoms. The highest BCUT2D eigenvalue weighted by atomic mass is 16.3. The Morgan fingerprint density at radius 1 is 1.67 bits per heavy atom. The number of rotatable bonds is 8. The van der Waals surface area contributed by atoms with Gasteiger partial charge in [0.1, 0.15) is 0 Å². The van der Waals surface area contributed by atoms with Crippen LogP contribution in [0.3, 0.4) is 0 Å². The van der Waals surface area contributed by atoms with Crippen LogP contribution in [0.5, 0.6) is 0 Å². The Hall–Kier alpha value is -0.870. The summed E-state index contributed by atoms with van der Waals surface area (Å²) in [7, 11) is 0. The molecule has 0 bridgehead atoms. The number of nitrogens with zero attached hydrogens (tertiary/aromatic N) is 1. The van der Waals surface area contributed by atoms with Crippen molar-refractivity contribution >= 4 is 5.91 Å². The standard InChI is InChI=1S/C11H22N2O2/c1-3-7-13(8-9-14)11(15)6-4-5-10(2)12/h3,10,14H,1,4-9,12H2,2H3. The van der Waals surface area contributed by atoms with Crippen molar-refractivity contribution in [2.24, 2.45) is 5.73 Å². The highest BCUT2D eigenvalue weighted by Gasteiger charge is 2.10. The summed E-state index contributed by atoms with van der Waals surface area (Å²) < 4.78 is 0. The van der Waals surface area contributed by atoms with Gasteiger partial charge < -0.3 is 15.7 Å². The lowest BCUT2D eigenvalue weighted by Crippen LogP contribution is -2.33. The Kier molecular flexibility index (Phi) is 7.95. The number of amides is 1. The number of carbonyl (C=O) groups excluding carboxylic acids is 1. The molecule has 3 N–H and O–H groups in total. The highest BCUT2D eigenvalue weighted by Crippen LogP contribution is 2.02. The number of aliphatic hydroxyl groups is 1. The van der Waals surface area contributed by atoms with Gasteiger partial charge in [-0.25, -0.2) is 0 Å². The van der Waals surface area contributed by atoms with E-state index in [1.165, 1.54) is 0 Å². The molecular formula is C11H22N2O2. The van der Waals surface area contributed by atoms with Gasteiger partial charge in [0.15, 0.2) is 0 Å². The van der Waals surface area contributed by atoms with Crippen LogP contribution >= 0.6 is 0 Å². The maximum Gasteiger partial charge on any atom is 0.222 e. The minimum absolute atomic E-state index is 0.00707. The summed E-state index contributed by atoms with van der Waals surface area (Å²) in [5, 5.41) is 8.78. The molecule has 0 aliphatic rings. The topological polar surface area (TPSA) is 66.6 Å². The normalized spacial score (nSPS) is 12.2. The van der Waals surface area contributed by atoms with Crippen molar-refractivity contribution in [1.29, 1.82) is 0 Å². The molecule has 0 saturated carbocycles. The summed E-state index contributed by atoms with van der Waals surface area (Å²) in [6.07, 6.45) is 3.82. The lowest BCUT2D eigenvalue weighted by atomic mass is 10.1. The predicted octanol–water partition coefficient (Wildman–Crippen LogP) is 0.511. The molecule has 0 aromatic rings. The third-order valence-electron chi connectivity index (χ3n) is 2.12. The molecule has 1 unspecified atom stereocenters. The number of aliphatic hydroxyl groups excluding tert-OH is 1. The van der Waals surface area contributed by atoms with Crippen molar-refractivity contribution in [3.63, 3.8) is 0 Å². The van der Waals surface area contributed by atoms with Gasteiger partial charge in [-0.05, 0) is 19.8 Å². The first-order valence-electron chi connectivity index (χ1n) is 5.37. The van der Waals surface area contributed by atoms with E-state index in [9.17, 15) is 4.79 Å². The van der Waals surface area contributed by atoms with Crippen molar-refractivity contribution in [2.75, 3.05) is 19.7 Å². The van der Waals surface area contributed by atoms with E-state index in [0.29, 0.717) is 19.5 Å². The van der Waals surface area contributed by atoms with Gasteiger partial charge in [0.05, 0.1) is 6.61 Å². The third kappa shape index (κ3) is 7.11. The maximum atomic E-state index is 11.6. The van der Waals surface area contributed by atoms with E-state index in [1.54, 1.807) is 11.0 Å². The summed E-state index contributed by atoms with van der Waals surface area (Å²) >= 11 is 0. The van der Waals surface area contributed by atoms with E-state index in [-0.39, 0.29) is 18.6 Å². The average molecular weight is 214 g/mol. The number of hydrogen-bond donors (Lipinski definition) is 2. The highest BCUT2D eigenvalue weighted by molar-refractivity contribution is 5.76. The molecule has 4 heteroatoms. The zero-order valence-corrected chi connectivity index (χ0v) is 9.48. The molecule has 0 heterocycles. The monoisotopic (exact) mass is 214 g/mol. The largest absolute Gasteiger partial charge is 0.395 e. The molecule has 0 radical (unpaired) electrons. The van der Waals surface area contributed by atoms with Gasteiger partial charge in [0, 0.05) is 25.6 Å². The number of nitrogens with two attached hydrogens (primary N) is 1. The molecule has 0 rings (SSSR count). The fourth-order valence-corrected chi connectivity index (χ4v) is 1.33. The van der Waals surface area contributed by atoms with Crippen LogP contribution in [0.1, 0.15) is 26.2 Å². The first-order valence-corrected chi connectivity index (χ1v) is 5.37. The summed E-state index contributed by atoms with van der Waals surface area (Å²) in [4.78, 5) is 13.2. The van der Waals surface area contributed by atoms with E-state index in [0.717, 1.165) is 12.8 Å². The van der Waals surface area contributed by atoms with Crippen LogP contribution in [0.25, 0.3) is 0 Å². The Bertz CT molecular complexity index is 193. The Labute approximate surface area is 91.8 Å². The third-order valence-corrected chi connectivity index (χ3v) is 2.12. The van der Waals surface area contributed by atoms with E-state index in [2.05, 4.69) is 6.58 Å². The second-order valence-electron chi connectivity index (χ2n) is 3.72.